The SMILES string of the molecule is O=[C]c1c(Cl)cc(Cl)c(Cl)c1Cl. The second-order valence-corrected chi connectivity index (χ2v) is 3.52. The van der Waals surface area contributed by atoms with Gasteiger partial charge in [0.05, 0.1) is 25.7 Å². The lowest BCUT2D eigenvalue weighted by molar-refractivity contribution is 0.563. The van der Waals surface area contributed by atoms with Gasteiger partial charge in [0.1, 0.15) is 0 Å². The van der Waals surface area contributed by atoms with Crippen LogP contribution < -0.4 is 0 Å². The predicted molar refractivity (Wildman–Crippen MR) is 51.3 cm³/mol. The van der Waals surface area contributed by atoms with Crippen LogP contribution in [0.4, 0.5) is 0 Å². The van der Waals surface area contributed by atoms with Crippen LogP contribution in [0.3, 0.4) is 0 Å². The van der Waals surface area contributed by atoms with Crippen LogP contribution in [0.5, 0.6) is 0 Å². The van der Waals surface area contributed by atoms with Gasteiger partial charge in [-0.1, -0.05) is 46.4 Å². The monoisotopic (exact) mass is 241 g/mol. The smallest absolute Gasteiger partial charge is 0.236 e. The van der Waals surface area contributed by atoms with E-state index in [1.807, 2.05) is 0 Å². The van der Waals surface area contributed by atoms with Gasteiger partial charge in [-0.25, -0.2) is 0 Å². The van der Waals surface area contributed by atoms with Crippen LogP contribution in [-0.4, -0.2) is 6.29 Å². The highest BCUT2D eigenvalue weighted by molar-refractivity contribution is 6.50. The predicted octanol–water partition coefficient (Wildman–Crippen LogP) is 3.76. The highest BCUT2D eigenvalue weighted by Crippen LogP contribution is 2.36. The average molecular weight is 243 g/mol. The molecule has 0 spiro atoms. The van der Waals surface area contributed by atoms with Crippen molar-refractivity contribution in [2.75, 3.05) is 0 Å². The number of hydrogen-bond acceptors (Lipinski definition) is 1. The molecule has 1 rings (SSSR count). The summed E-state index contributed by atoms with van der Waals surface area (Å²) in [4.78, 5) is 10.3. The van der Waals surface area contributed by atoms with Gasteiger partial charge in [-0.05, 0) is 6.07 Å². The van der Waals surface area contributed by atoms with Crippen molar-refractivity contribution in [1.82, 2.24) is 0 Å². The van der Waals surface area contributed by atoms with Gasteiger partial charge in [0.25, 0.3) is 0 Å². The Morgan fingerprint density at radius 2 is 1.58 bits per heavy atom. The van der Waals surface area contributed by atoms with E-state index in [-0.39, 0.29) is 25.7 Å². The number of carbonyl (C=O) groups excluding carboxylic acids is 1. The van der Waals surface area contributed by atoms with E-state index in [2.05, 4.69) is 0 Å². The zero-order valence-corrected chi connectivity index (χ0v) is 8.52. The standard InChI is InChI=1S/C7HCl4O/c8-4-1-5(9)7(11)6(10)3(4)2-12/h1H. The van der Waals surface area contributed by atoms with E-state index in [1.165, 1.54) is 6.07 Å². The number of hydrogen-bond donors (Lipinski definition) is 0. The summed E-state index contributed by atoms with van der Waals surface area (Å²) < 4.78 is 0. The fraction of sp³-hybridized carbons (Fsp3) is 0. The molecular formula is C7HCl4O. The largest absolute Gasteiger partial charge is 0.285 e. The fourth-order valence-corrected chi connectivity index (χ4v) is 1.65. The van der Waals surface area contributed by atoms with Crippen LogP contribution in [0.25, 0.3) is 0 Å². The lowest BCUT2D eigenvalue weighted by atomic mass is 10.2. The van der Waals surface area contributed by atoms with Crippen LogP contribution in [0.1, 0.15) is 5.56 Å². The molecule has 12 heavy (non-hydrogen) atoms. The summed E-state index contributed by atoms with van der Waals surface area (Å²) in [5.41, 5.74) is 0.0349. The topological polar surface area (TPSA) is 17.1 Å². The molecule has 0 aromatic heterocycles. The molecule has 0 saturated carbocycles. The van der Waals surface area contributed by atoms with Crippen molar-refractivity contribution in [2.45, 2.75) is 0 Å². The van der Waals surface area contributed by atoms with E-state index in [0.29, 0.717) is 0 Å². The second-order valence-electron chi connectivity index (χ2n) is 1.95. The number of halogens is 4. The molecule has 0 N–H and O–H groups in total. The maximum Gasteiger partial charge on any atom is 0.236 e. The molecule has 0 atom stereocenters. The van der Waals surface area contributed by atoms with Crippen molar-refractivity contribution >= 4 is 52.7 Å². The van der Waals surface area contributed by atoms with Gasteiger partial charge < -0.3 is 0 Å². The molecule has 0 saturated heterocycles. The van der Waals surface area contributed by atoms with E-state index >= 15 is 0 Å². The molecule has 63 valence electrons. The Hall–Kier alpha value is 0.0500. The summed E-state index contributed by atoms with van der Waals surface area (Å²) in [6.07, 6.45) is 1.57. The number of rotatable bonds is 1. The van der Waals surface area contributed by atoms with E-state index < -0.39 is 0 Å². The van der Waals surface area contributed by atoms with Gasteiger partial charge in [0, 0.05) is 0 Å². The van der Waals surface area contributed by atoms with Crippen LogP contribution in [0.15, 0.2) is 6.07 Å². The molecule has 1 aromatic rings. The first-order valence-electron chi connectivity index (χ1n) is 2.79. The third-order valence-electron chi connectivity index (χ3n) is 1.22. The van der Waals surface area contributed by atoms with Gasteiger partial charge in [-0.2, -0.15) is 0 Å². The molecule has 0 fully saturated rings. The molecule has 0 aliphatic heterocycles. The van der Waals surface area contributed by atoms with Crippen molar-refractivity contribution in [3.8, 4) is 0 Å². The van der Waals surface area contributed by atoms with Crippen molar-refractivity contribution < 1.29 is 4.79 Å². The molecule has 0 heterocycles. The maximum absolute atomic E-state index is 10.3. The Balaban J connectivity index is 3.51. The Morgan fingerprint density at radius 1 is 1.00 bits per heavy atom. The summed E-state index contributed by atoms with van der Waals surface area (Å²) >= 11 is 22.5. The van der Waals surface area contributed by atoms with E-state index in [4.69, 9.17) is 46.4 Å². The normalized spacial score (nSPS) is 10.0. The summed E-state index contributed by atoms with van der Waals surface area (Å²) in [5, 5.41) is 0.500. The highest BCUT2D eigenvalue weighted by Gasteiger charge is 2.13. The van der Waals surface area contributed by atoms with Gasteiger partial charge in [0.15, 0.2) is 0 Å². The lowest BCUT2D eigenvalue weighted by Gasteiger charge is -2.02. The molecule has 0 aliphatic rings. The minimum absolute atomic E-state index is 0.0316. The summed E-state index contributed by atoms with van der Waals surface area (Å²) in [6, 6.07) is 1.34. The van der Waals surface area contributed by atoms with E-state index in [1.54, 1.807) is 6.29 Å². The van der Waals surface area contributed by atoms with Crippen molar-refractivity contribution in [3.63, 3.8) is 0 Å². The lowest BCUT2D eigenvalue weighted by Crippen LogP contribution is -1.86. The maximum atomic E-state index is 10.3. The van der Waals surface area contributed by atoms with Gasteiger partial charge in [0.2, 0.25) is 6.29 Å². The average Bonchev–Trinajstić information content (AvgIpc) is 2.01. The third-order valence-corrected chi connectivity index (χ3v) is 2.78. The van der Waals surface area contributed by atoms with Crippen molar-refractivity contribution in [1.29, 1.82) is 0 Å². The first-order valence-corrected chi connectivity index (χ1v) is 4.30. The Kier molecular flexibility index (Phi) is 3.24. The molecule has 1 nitrogen and oxygen atoms in total. The van der Waals surface area contributed by atoms with Crippen molar-refractivity contribution in [3.05, 3.63) is 31.7 Å². The molecule has 1 aromatic carbocycles. The van der Waals surface area contributed by atoms with Crippen LogP contribution >= 0.6 is 46.4 Å². The molecule has 0 aliphatic carbocycles. The van der Waals surface area contributed by atoms with E-state index in [9.17, 15) is 4.79 Å². The second kappa shape index (κ2) is 3.84. The quantitative estimate of drug-likeness (QED) is 0.542. The third kappa shape index (κ3) is 1.69. The molecule has 0 bridgehead atoms. The van der Waals surface area contributed by atoms with Gasteiger partial charge >= 0.3 is 0 Å². The first kappa shape index (κ1) is 10.1. The number of benzene rings is 1. The molecule has 0 unspecified atom stereocenters. The van der Waals surface area contributed by atoms with Gasteiger partial charge in [-0.15, -0.1) is 0 Å². The minimum atomic E-state index is 0.0316. The minimum Gasteiger partial charge on any atom is -0.285 e. The van der Waals surface area contributed by atoms with Crippen LogP contribution in [0, 0.1) is 0 Å². The molecule has 1 radical (unpaired) electrons. The summed E-state index contributed by atoms with van der Waals surface area (Å²) in [7, 11) is 0. The zero-order chi connectivity index (χ0) is 9.30. The molecule has 0 amide bonds. The Labute approximate surface area is 89.2 Å². The zero-order valence-electron chi connectivity index (χ0n) is 5.50. The van der Waals surface area contributed by atoms with Gasteiger partial charge in [-0.3, -0.25) is 4.79 Å². The molecule has 5 heteroatoms. The van der Waals surface area contributed by atoms with Crippen molar-refractivity contribution in [2.24, 2.45) is 0 Å². The first-order chi connectivity index (χ1) is 5.57. The van der Waals surface area contributed by atoms with Crippen LogP contribution in [-0.2, 0) is 4.79 Å². The highest BCUT2D eigenvalue weighted by atomic mass is 35.5. The fourth-order valence-electron chi connectivity index (χ4n) is 0.660. The summed E-state index contributed by atoms with van der Waals surface area (Å²) in [6.45, 7) is 0. The van der Waals surface area contributed by atoms with Crippen LogP contribution in [0.2, 0.25) is 20.1 Å². The summed E-state index contributed by atoms with van der Waals surface area (Å²) in [5.74, 6) is 0. The Morgan fingerprint density at radius 3 is 2.08 bits per heavy atom. The Bertz CT molecular complexity index is 335. The molecular weight excluding hydrogens is 242 g/mol. The van der Waals surface area contributed by atoms with E-state index in [0.717, 1.165) is 0 Å².